The molecule has 1 N–H and O–H groups in total. The van der Waals surface area contributed by atoms with E-state index in [0.29, 0.717) is 19.1 Å². The van der Waals surface area contributed by atoms with E-state index in [4.69, 9.17) is 10.00 Å². The fraction of sp³-hybridized carbons (Fsp3) is 0.952. The molecule has 0 aromatic rings. The molecule has 0 amide bonds. The Hall–Kier alpha value is -0.590. The van der Waals surface area contributed by atoms with Crippen molar-refractivity contribution in [3.05, 3.63) is 0 Å². The number of nitrogens with zero attached hydrogens (tertiary/aromatic N) is 1. The van der Waals surface area contributed by atoms with Crippen LogP contribution in [0.15, 0.2) is 0 Å². The average Bonchev–Trinajstić information content (AvgIpc) is 2.90. The van der Waals surface area contributed by atoms with E-state index in [2.05, 4.69) is 13.0 Å². The number of rotatable bonds is 3. The summed E-state index contributed by atoms with van der Waals surface area (Å²) >= 11 is 0. The monoisotopic (exact) mass is 331 g/mol. The predicted octanol–water partition coefficient (Wildman–Crippen LogP) is 4.30. The van der Waals surface area contributed by atoms with Crippen molar-refractivity contribution in [3.63, 3.8) is 0 Å². The predicted molar refractivity (Wildman–Crippen MR) is 93.1 cm³/mol. The van der Waals surface area contributed by atoms with E-state index in [-0.39, 0.29) is 11.5 Å². The number of aliphatic hydroxyl groups is 1. The standard InChI is InChI=1S/C21H33NO2/c1-21-10-9-17-16-6-4-15(24-12-2-11-22)13-14(16)3-5-18(17)19(21)7-8-20(21)23/h14-20,23H,2-10,12-13H2,1H3/t14-,15-,16-,17+,18+,19-,20?,21-/m0/s1. The molecule has 8 atom stereocenters. The Morgan fingerprint density at radius 2 is 1.88 bits per heavy atom. The molecule has 0 radical (unpaired) electrons. The lowest BCUT2D eigenvalue weighted by Gasteiger charge is -2.55. The van der Waals surface area contributed by atoms with Crippen LogP contribution in [-0.4, -0.2) is 23.9 Å². The second kappa shape index (κ2) is 6.61. The van der Waals surface area contributed by atoms with E-state index < -0.39 is 0 Å². The molecular formula is C21H33NO2. The minimum absolute atomic E-state index is 0.0505. The fourth-order valence-electron chi connectivity index (χ4n) is 7.21. The molecule has 0 spiro atoms. The Balaban J connectivity index is 1.41. The van der Waals surface area contributed by atoms with E-state index in [1.54, 1.807) is 0 Å². The van der Waals surface area contributed by atoms with Crippen molar-refractivity contribution in [3.8, 4) is 6.07 Å². The van der Waals surface area contributed by atoms with Crippen molar-refractivity contribution in [1.82, 2.24) is 0 Å². The van der Waals surface area contributed by atoms with Gasteiger partial charge in [-0.2, -0.15) is 5.26 Å². The highest BCUT2D eigenvalue weighted by Crippen LogP contribution is 2.62. The van der Waals surface area contributed by atoms with Gasteiger partial charge in [-0.25, -0.2) is 0 Å². The second-order valence-corrected chi connectivity index (χ2v) is 9.29. The summed E-state index contributed by atoms with van der Waals surface area (Å²) in [4.78, 5) is 0. The summed E-state index contributed by atoms with van der Waals surface area (Å²) in [6.45, 7) is 2.99. The molecule has 1 unspecified atom stereocenters. The smallest absolute Gasteiger partial charge is 0.0645 e. The van der Waals surface area contributed by atoms with Gasteiger partial charge in [0.05, 0.1) is 31.3 Å². The maximum atomic E-state index is 10.5. The molecule has 134 valence electrons. The molecule has 0 heterocycles. The Bertz CT molecular complexity index is 501. The quantitative estimate of drug-likeness (QED) is 0.785. The van der Waals surface area contributed by atoms with Crippen LogP contribution in [0.25, 0.3) is 0 Å². The number of ether oxygens (including phenoxy) is 1. The van der Waals surface area contributed by atoms with Crippen molar-refractivity contribution >= 4 is 0 Å². The van der Waals surface area contributed by atoms with Gasteiger partial charge in [0.15, 0.2) is 0 Å². The van der Waals surface area contributed by atoms with Gasteiger partial charge in [0.2, 0.25) is 0 Å². The van der Waals surface area contributed by atoms with Crippen LogP contribution in [0.5, 0.6) is 0 Å². The molecule has 0 aromatic carbocycles. The van der Waals surface area contributed by atoms with Crippen molar-refractivity contribution in [1.29, 1.82) is 5.26 Å². The maximum Gasteiger partial charge on any atom is 0.0645 e. The lowest BCUT2D eigenvalue weighted by molar-refractivity contribution is -0.0984. The van der Waals surface area contributed by atoms with Gasteiger partial charge in [0.25, 0.3) is 0 Å². The number of hydrogen-bond acceptors (Lipinski definition) is 3. The van der Waals surface area contributed by atoms with Gasteiger partial charge in [-0.15, -0.1) is 0 Å². The number of hydrogen-bond donors (Lipinski definition) is 1. The van der Waals surface area contributed by atoms with Crippen molar-refractivity contribution < 1.29 is 9.84 Å². The Morgan fingerprint density at radius 1 is 1.04 bits per heavy atom. The first-order chi connectivity index (χ1) is 11.6. The van der Waals surface area contributed by atoms with Gasteiger partial charge in [0, 0.05) is 0 Å². The van der Waals surface area contributed by atoms with Crippen molar-refractivity contribution in [2.45, 2.75) is 83.3 Å². The minimum atomic E-state index is -0.0505. The maximum absolute atomic E-state index is 10.5. The number of fused-ring (bicyclic) bond motifs is 5. The van der Waals surface area contributed by atoms with Crippen molar-refractivity contribution in [2.24, 2.45) is 35.0 Å². The Labute approximate surface area is 146 Å². The molecule has 3 heteroatoms. The van der Waals surface area contributed by atoms with Crippen LogP contribution >= 0.6 is 0 Å². The van der Waals surface area contributed by atoms with E-state index in [1.165, 1.54) is 51.4 Å². The summed E-state index contributed by atoms with van der Waals surface area (Å²) in [6.07, 6.45) is 12.3. The third-order valence-electron chi connectivity index (χ3n) is 8.42. The van der Waals surface area contributed by atoms with Crippen LogP contribution in [0.4, 0.5) is 0 Å². The molecule has 4 aliphatic carbocycles. The molecule has 4 rings (SSSR count). The SMILES string of the molecule is C[C@]12CC[C@H]3[C@@H](CC[C@H]4C[C@@H](OCCC#N)CC[C@@H]43)[C@@H]1CCC2O. The zero-order valence-corrected chi connectivity index (χ0v) is 15.1. The first kappa shape index (κ1) is 16.9. The van der Waals surface area contributed by atoms with E-state index in [9.17, 15) is 5.11 Å². The molecule has 0 aliphatic heterocycles. The number of aliphatic hydroxyl groups excluding tert-OH is 1. The summed E-state index contributed by atoms with van der Waals surface area (Å²) in [7, 11) is 0. The summed E-state index contributed by atoms with van der Waals surface area (Å²) < 4.78 is 5.95. The normalized spacial score (nSPS) is 50.5. The molecule has 4 fully saturated rings. The second-order valence-electron chi connectivity index (χ2n) is 9.29. The first-order valence-electron chi connectivity index (χ1n) is 10.3. The third kappa shape index (κ3) is 2.71. The van der Waals surface area contributed by atoms with Crippen LogP contribution in [0.2, 0.25) is 0 Å². The van der Waals surface area contributed by atoms with Gasteiger partial charge < -0.3 is 9.84 Å². The van der Waals surface area contributed by atoms with E-state index >= 15 is 0 Å². The van der Waals surface area contributed by atoms with Crippen LogP contribution < -0.4 is 0 Å². The van der Waals surface area contributed by atoms with Crippen LogP contribution in [-0.2, 0) is 4.74 Å². The van der Waals surface area contributed by atoms with E-state index in [1.807, 2.05) is 0 Å². The lowest BCUT2D eigenvalue weighted by atomic mass is 9.50. The largest absolute Gasteiger partial charge is 0.393 e. The molecule has 4 saturated carbocycles. The van der Waals surface area contributed by atoms with Gasteiger partial charge >= 0.3 is 0 Å². The van der Waals surface area contributed by atoms with Gasteiger partial charge in [-0.05, 0) is 92.8 Å². The first-order valence-corrected chi connectivity index (χ1v) is 10.3. The topological polar surface area (TPSA) is 53.2 Å². The molecule has 24 heavy (non-hydrogen) atoms. The Kier molecular flexibility index (Phi) is 4.65. The molecule has 0 bridgehead atoms. The zero-order chi connectivity index (χ0) is 16.7. The lowest BCUT2D eigenvalue weighted by Crippen LogP contribution is -2.50. The average molecular weight is 332 g/mol. The summed E-state index contributed by atoms with van der Waals surface area (Å²) in [6, 6.07) is 2.18. The van der Waals surface area contributed by atoms with Crippen LogP contribution in [0.1, 0.15) is 71.1 Å². The minimum Gasteiger partial charge on any atom is -0.393 e. The number of nitriles is 1. The fourth-order valence-corrected chi connectivity index (χ4v) is 7.21. The highest BCUT2D eigenvalue weighted by Gasteiger charge is 2.56. The molecular weight excluding hydrogens is 298 g/mol. The van der Waals surface area contributed by atoms with Crippen LogP contribution in [0.3, 0.4) is 0 Å². The van der Waals surface area contributed by atoms with E-state index in [0.717, 1.165) is 36.0 Å². The third-order valence-corrected chi connectivity index (χ3v) is 8.42. The summed E-state index contributed by atoms with van der Waals surface area (Å²) in [5, 5.41) is 19.2. The van der Waals surface area contributed by atoms with Gasteiger partial charge in [-0.3, -0.25) is 0 Å². The van der Waals surface area contributed by atoms with Gasteiger partial charge in [-0.1, -0.05) is 6.92 Å². The summed E-state index contributed by atoms with van der Waals surface area (Å²) in [5.41, 5.74) is 0.214. The highest BCUT2D eigenvalue weighted by atomic mass is 16.5. The van der Waals surface area contributed by atoms with Crippen LogP contribution in [0, 0.1) is 46.3 Å². The Morgan fingerprint density at radius 3 is 2.71 bits per heavy atom. The van der Waals surface area contributed by atoms with Crippen molar-refractivity contribution in [2.75, 3.05) is 6.61 Å². The summed E-state index contributed by atoms with van der Waals surface area (Å²) in [5.74, 6) is 4.31. The zero-order valence-electron chi connectivity index (χ0n) is 15.1. The highest BCUT2D eigenvalue weighted by molar-refractivity contribution is 5.06. The molecule has 0 saturated heterocycles. The molecule has 0 aromatic heterocycles. The van der Waals surface area contributed by atoms with Gasteiger partial charge in [0.1, 0.15) is 0 Å². The molecule has 3 nitrogen and oxygen atoms in total. The molecule has 4 aliphatic rings.